The SMILES string of the molecule is CC1CCc2nc(NC(=O)Cc3ccc4ccccc4c3)sc2C1. The molecule has 1 N–H and O–H groups in total. The van der Waals surface area contributed by atoms with Gasteiger partial charge in [0.1, 0.15) is 0 Å². The molecule has 0 bridgehead atoms. The summed E-state index contributed by atoms with van der Waals surface area (Å²) < 4.78 is 0. The van der Waals surface area contributed by atoms with Crippen LogP contribution in [0.4, 0.5) is 5.13 Å². The first kappa shape index (κ1) is 15.3. The highest BCUT2D eigenvalue weighted by Crippen LogP contribution is 2.32. The van der Waals surface area contributed by atoms with Crippen LogP contribution in [-0.4, -0.2) is 10.9 Å². The Kier molecular flexibility index (Phi) is 4.07. The van der Waals surface area contributed by atoms with E-state index in [1.54, 1.807) is 11.3 Å². The Bertz CT molecular complexity index is 900. The molecule has 122 valence electrons. The first-order chi connectivity index (χ1) is 11.7. The number of thiazole rings is 1. The van der Waals surface area contributed by atoms with E-state index >= 15 is 0 Å². The van der Waals surface area contributed by atoms with Gasteiger partial charge in [-0.15, -0.1) is 11.3 Å². The summed E-state index contributed by atoms with van der Waals surface area (Å²) in [6, 6.07) is 14.4. The van der Waals surface area contributed by atoms with Crippen LogP contribution < -0.4 is 5.32 Å². The Morgan fingerprint density at radius 1 is 1.25 bits per heavy atom. The zero-order valence-electron chi connectivity index (χ0n) is 13.7. The van der Waals surface area contributed by atoms with Gasteiger partial charge in [0, 0.05) is 4.88 Å². The molecule has 0 aliphatic heterocycles. The number of aryl methyl sites for hydroxylation is 1. The fourth-order valence-corrected chi connectivity index (χ4v) is 4.48. The van der Waals surface area contributed by atoms with E-state index in [0.717, 1.165) is 29.5 Å². The van der Waals surface area contributed by atoms with Crippen molar-refractivity contribution in [3.63, 3.8) is 0 Å². The number of aromatic nitrogens is 1. The third-order valence-corrected chi connectivity index (χ3v) is 5.65. The molecular formula is C20H20N2OS. The maximum atomic E-state index is 12.4. The van der Waals surface area contributed by atoms with Gasteiger partial charge in [0.25, 0.3) is 0 Å². The number of nitrogens with one attached hydrogen (secondary N) is 1. The number of benzene rings is 2. The fraction of sp³-hybridized carbons (Fsp3) is 0.300. The molecule has 3 aromatic rings. The lowest BCUT2D eigenvalue weighted by Gasteiger charge is -2.15. The van der Waals surface area contributed by atoms with Crippen molar-refractivity contribution in [3.8, 4) is 0 Å². The number of anilines is 1. The van der Waals surface area contributed by atoms with Crippen LogP contribution >= 0.6 is 11.3 Å². The largest absolute Gasteiger partial charge is 0.302 e. The highest BCUT2D eigenvalue weighted by molar-refractivity contribution is 7.15. The summed E-state index contributed by atoms with van der Waals surface area (Å²) in [5.74, 6) is 0.725. The van der Waals surface area contributed by atoms with Crippen molar-refractivity contribution in [2.45, 2.75) is 32.6 Å². The molecule has 1 atom stereocenters. The van der Waals surface area contributed by atoms with Gasteiger partial charge < -0.3 is 5.32 Å². The molecule has 24 heavy (non-hydrogen) atoms. The molecule has 1 aromatic heterocycles. The highest BCUT2D eigenvalue weighted by atomic mass is 32.1. The third-order valence-electron chi connectivity index (χ3n) is 4.61. The molecule has 0 saturated carbocycles. The van der Waals surface area contributed by atoms with Crippen LogP contribution in [0, 0.1) is 5.92 Å². The van der Waals surface area contributed by atoms with Crippen LogP contribution in [0.3, 0.4) is 0 Å². The molecule has 2 aromatic carbocycles. The van der Waals surface area contributed by atoms with Crippen LogP contribution in [0.1, 0.15) is 29.5 Å². The Morgan fingerprint density at radius 3 is 2.96 bits per heavy atom. The number of fused-ring (bicyclic) bond motifs is 2. The van der Waals surface area contributed by atoms with Crippen molar-refractivity contribution >= 4 is 33.1 Å². The van der Waals surface area contributed by atoms with Gasteiger partial charge in [-0.1, -0.05) is 49.4 Å². The van der Waals surface area contributed by atoms with Gasteiger partial charge in [0.05, 0.1) is 12.1 Å². The van der Waals surface area contributed by atoms with Gasteiger partial charge in [-0.05, 0) is 41.5 Å². The summed E-state index contributed by atoms with van der Waals surface area (Å²) in [6.45, 7) is 2.28. The molecule has 1 aliphatic carbocycles. The summed E-state index contributed by atoms with van der Waals surface area (Å²) in [6.07, 6.45) is 3.70. The van der Waals surface area contributed by atoms with Crippen LogP contribution in [0.5, 0.6) is 0 Å². The molecule has 1 aliphatic rings. The topological polar surface area (TPSA) is 42.0 Å². The Morgan fingerprint density at radius 2 is 2.08 bits per heavy atom. The normalized spacial score (nSPS) is 16.8. The van der Waals surface area contributed by atoms with Crippen molar-refractivity contribution in [3.05, 3.63) is 58.6 Å². The molecule has 1 amide bonds. The van der Waals surface area contributed by atoms with Gasteiger partial charge in [-0.2, -0.15) is 0 Å². The first-order valence-electron chi connectivity index (χ1n) is 8.43. The van der Waals surface area contributed by atoms with E-state index < -0.39 is 0 Å². The molecule has 0 saturated heterocycles. The lowest BCUT2D eigenvalue weighted by atomic mass is 9.93. The smallest absolute Gasteiger partial charge is 0.230 e. The lowest BCUT2D eigenvalue weighted by Crippen LogP contribution is -2.14. The van der Waals surface area contributed by atoms with Crippen molar-refractivity contribution < 1.29 is 4.79 Å². The molecule has 1 heterocycles. The summed E-state index contributed by atoms with van der Waals surface area (Å²) in [4.78, 5) is 18.3. The molecule has 1 unspecified atom stereocenters. The molecule has 3 nitrogen and oxygen atoms in total. The van der Waals surface area contributed by atoms with Crippen molar-refractivity contribution in [2.75, 3.05) is 5.32 Å². The Hall–Kier alpha value is -2.20. The monoisotopic (exact) mass is 336 g/mol. The minimum Gasteiger partial charge on any atom is -0.302 e. The summed E-state index contributed by atoms with van der Waals surface area (Å²) in [7, 11) is 0. The Labute approximate surface area is 145 Å². The number of carbonyl (C=O) groups excluding carboxylic acids is 1. The van der Waals surface area contributed by atoms with Gasteiger partial charge in [-0.3, -0.25) is 4.79 Å². The average Bonchev–Trinajstić information content (AvgIpc) is 2.95. The van der Waals surface area contributed by atoms with E-state index in [2.05, 4.69) is 41.5 Å². The van der Waals surface area contributed by atoms with Crippen LogP contribution in [0.2, 0.25) is 0 Å². The number of amides is 1. The quantitative estimate of drug-likeness (QED) is 0.759. The van der Waals surface area contributed by atoms with E-state index in [0.29, 0.717) is 6.42 Å². The van der Waals surface area contributed by atoms with Crippen LogP contribution in [-0.2, 0) is 24.1 Å². The first-order valence-corrected chi connectivity index (χ1v) is 9.25. The lowest BCUT2D eigenvalue weighted by molar-refractivity contribution is -0.115. The maximum absolute atomic E-state index is 12.4. The van der Waals surface area contributed by atoms with Crippen LogP contribution in [0.15, 0.2) is 42.5 Å². The fourth-order valence-electron chi connectivity index (χ4n) is 3.29. The molecule has 0 radical (unpaired) electrons. The minimum atomic E-state index is 0.00410. The van der Waals surface area contributed by atoms with Gasteiger partial charge in [-0.25, -0.2) is 4.98 Å². The van der Waals surface area contributed by atoms with Crippen molar-refractivity contribution in [1.29, 1.82) is 0 Å². The second kappa shape index (κ2) is 6.36. The number of hydrogen-bond donors (Lipinski definition) is 1. The Balaban J connectivity index is 1.46. The predicted octanol–water partition coefficient (Wildman–Crippen LogP) is 4.60. The molecule has 4 heteroatoms. The van der Waals surface area contributed by atoms with Crippen molar-refractivity contribution in [2.24, 2.45) is 5.92 Å². The van der Waals surface area contributed by atoms with Gasteiger partial charge in [0.2, 0.25) is 5.91 Å². The second-order valence-electron chi connectivity index (χ2n) is 6.64. The van der Waals surface area contributed by atoms with E-state index in [4.69, 9.17) is 0 Å². The number of hydrogen-bond acceptors (Lipinski definition) is 3. The summed E-state index contributed by atoms with van der Waals surface area (Å²) in [5.41, 5.74) is 2.21. The minimum absolute atomic E-state index is 0.00410. The zero-order chi connectivity index (χ0) is 16.5. The van der Waals surface area contributed by atoms with E-state index in [-0.39, 0.29) is 5.91 Å². The predicted molar refractivity (Wildman–Crippen MR) is 99.6 cm³/mol. The summed E-state index contributed by atoms with van der Waals surface area (Å²) >= 11 is 1.64. The molecule has 0 spiro atoms. The molecular weight excluding hydrogens is 316 g/mol. The third kappa shape index (κ3) is 3.20. The molecule has 4 rings (SSSR count). The zero-order valence-corrected chi connectivity index (χ0v) is 14.5. The highest BCUT2D eigenvalue weighted by Gasteiger charge is 2.20. The van der Waals surface area contributed by atoms with Gasteiger partial charge in [0.15, 0.2) is 5.13 Å². The number of rotatable bonds is 3. The van der Waals surface area contributed by atoms with Gasteiger partial charge >= 0.3 is 0 Å². The van der Waals surface area contributed by atoms with E-state index in [9.17, 15) is 4.79 Å². The standard InChI is InChI=1S/C20H20N2OS/c1-13-6-9-17-18(10-13)24-20(21-17)22-19(23)12-14-7-8-15-4-2-3-5-16(15)11-14/h2-5,7-8,11,13H,6,9-10,12H2,1H3,(H,21,22,23). The maximum Gasteiger partial charge on any atom is 0.230 e. The summed E-state index contributed by atoms with van der Waals surface area (Å²) in [5, 5.41) is 6.09. The van der Waals surface area contributed by atoms with E-state index in [1.165, 1.54) is 27.8 Å². The average molecular weight is 336 g/mol. The number of nitrogens with zero attached hydrogens (tertiary/aromatic N) is 1. The number of carbonyl (C=O) groups is 1. The second-order valence-corrected chi connectivity index (χ2v) is 7.73. The van der Waals surface area contributed by atoms with Crippen molar-refractivity contribution in [1.82, 2.24) is 4.98 Å². The van der Waals surface area contributed by atoms with Crippen LogP contribution in [0.25, 0.3) is 10.8 Å². The van der Waals surface area contributed by atoms with E-state index in [1.807, 2.05) is 18.2 Å². The molecule has 0 fully saturated rings.